The van der Waals surface area contributed by atoms with Gasteiger partial charge in [0.15, 0.2) is 17.4 Å². The van der Waals surface area contributed by atoms with Crippen molar-refractivity contribution in [1.82, 2.24) is 0 Å². The standard InChI is InChI=1S/C16H16F3NO/c1-2-12(20)6-10-7-14(18)16(15(19)8-10)21-13-5-3-4-11(17)9-13/h3-5,7-9,12H,2,6,20H2,1H3. The van der Waals surface area contributed by atoms with E-state index in [0.29, 0.717) is 18.4 Å². The molecule has 0 spiro atoms. The van der Waals surface area contributed by atoms with E-state index in [4.69, 9.17) is 10.5 Å². The Morgan fingerprint density at radius 2 is 1.76 bits per heavy atom. The van der Waals surface area contributed by atoms with Crippen LogP contribution in [0.1, 0.15) is 18.9 Å². The van der Waals surface area contributed by atoms with Gasteiger partial charge in [-0.2, -0.15) is 0 Å². The molecule has 1 atom stereocenters. The third-order valence-corrected chi connectivity index (χ3v) is 3.10. The van der Waals surface area contributed by atoms with Crippen LogP contribution in [-0.2, 0) is 6.42 Å². The van der Waals surface area contributed by atoms with Gasteiger partial charge in [0.25, 0.3) is 0 Å². The number of rotatable bonds is 5. The highest BCUT2D eigenvalue weighted by molar-refractivity contribution is 5.36. The maximum absolute atomic E-state index is 14.0. The SMILES string of the molecule is CCC(N)Cc1cc(F)c(Oc2cccc(F)c2)c(F)c1. The van der Waals surface area contributed by atoms with Gasteiger partial charge in [-0.25, -0.2) is 13.2 Å². The van der Waals surface area contributed by atoms with E-state index in [1.165, 1.54) is 30.3 Å². The number of ether oxygens (including phenoxy) is 1. The third kappa shape index (κ3) is 3.98. The Kier molecular flexibility index (Phi) is 4.85. The Bertz CT molecular complexity index is 608. The first-order valence-corrected chi connectivity index (χ1v) is 6.66. The van der Waals surface area contributed by atoms with E-state index in [-0.39, 0.29) is 11.8 Å². The highest BCUT2D eigenvalue weighted by Gasteiger charge is 2.15. The van der Waals surface area contributed by atoms with Gasteiger partial charge in [0.05, 0.1) is 0 Å². The molecule has 2 aromatic carbocycles. The van der Waals surface area contributed by atoms with E-state index in [9.17, 15) is 13.2 Å². The second-order valence-corrected chi connectivity index (χ2v) is 4.82. The summed E-state index contributed by atoms with van der Waals surface area (Å²) in [6.07, 6.45) is 1.09. The first-order valence-electron chi connectivity index (χ1n) is 6.66. The van der Waals surface area contributed by atoms with Crippen LogP contribution in [0.4, 0.5) is 13.2 Å². The number of hydrogen-bond donors (Lipinski definition) is 1. The van der Waals surface area contributed by atoms with Crippen LogP contribution in [0.15, 0.2) is 36.4 Å². The van der Waals surface area contributed by atoms with Crippen molar-refractivity contribution in [3.8, 4) is 11.5 Å². The number of hydrogen-bond acceptors (Lipinski definition) is 2. The van der Waals surface area contributed by atoms with Crippen LogP contribution in [-0.4, -0.2) is 6.04 Å². The van der Waals surface area contributed by atoms with Crippen LogP contribution in [0.25, 0.3) is 0 Å². The normalized spacial score (nSPS) is 12.2. The lowest BCUT2D eigenvalue weighted by Crippen LogP contribution is -2.21. The van der Waals surface area contributed by atoms with Gasteiger partial charge < -0.3 is 10.5 Å². The van der Waals surface area contributed by atoms with Crippen molar-refractivity contribution in [2.75, 3.05) is 0 Å². The summed E-state index contributed by atoms with van der Waals surface area (Å²) in [4.78, 5) is 0. The summed E-state index contributed by atoms with van der Waals surface area (Å²) >= 11 is 0. The lowest BCUT2D eigenvalue weighted by Gasteiger charge is -2.12. The number of nitrogens with two attached hydrogens (primary N) is 1. The summed E-state index contributed by atoms with van der Waals surface area (Å²) in [6.45, 7) is 1.90. The fraction of sp³-hybridized carbons (Fsp3) is 0.250. The molecule has 0 aliphatic heterocycles. The molecule has 5 heteroatoms. The maximum atomic E-state index is 14.0. The molecular weight excluding hydrogens is 279 g/mol. The molecule has 112 valence electrons. The van der Waals surface area contributed by atoms with Gasteiger partial charge in [0.1, 0.15) is 11.6 Å². The zero-order valence-electron chi connectivity index (χ0n) is 11.6. The summed E-state index contributed by atoms with van der Waals surface area (Å²) in [5, 5.41) is 0. The third-order valence-electron chi connectivity index (χ3n) is 3.10. The van der Waals surface area contributed by atoms with Crippen molar-refractivity contribution < 1.29 is 17.9 Å². The van der Waals surface area contributed by atoms with Crippen LogP contribution in [0.2, 0.25) is 0 Å². The molecule has 0 saturated carbocycles. The zero-order valence-corrected chi connectivity index (χ0v) is 11.6. The molecule has 2 nitrogen and oxygen atoms in total. The first kappa shape index (κ1) is 15.4. The van der Waals surface area contributed by atoms with Crippen molar-refractivity contribution in [1.29, 1.82) is 0 Å². The van der Waals surface area contributed by atoms with Crippen molar-refractivity contribution in [3.63, 3.8) is 0 Å². The van der Waals surface area contributed by atoms with Crippen LogP contribution >= 0.6 is 0 Å². The Balaban J connectivity index is 2.25. The van der Waals surface area contributed by atoms with E-state index in [0.717, 1.165) is 6.07 Å². The van der Waals surface area contributed by atoms with Gasteiger partial charge in [-0.1, -0.05) is 13.0 Å². The molecular formula is C16H16F3NO. The number of halogens is 3. The monoisotopic (exact) mass is 295 g/mol. The van der Waals surface area contributed by atoms with Crippen LogP contribution in [0, 0.1) is 17.5 Å². The number of benzene rings is 2. The molecule has 0 aromatic heterocycles. The lowest BCUT2D eigenvalue weighted by atomic mass is 10.0. The van der Waals surface area contributed by atoms with Gasteiger partial charge in [-0.05, 0) is 42.7 Å². The summed E-state index contributed by atoms with van der Waals surface area (Å²) in [7, 11) is 0. The smallest absolute Gasteiger partial charge is 0.198 e. The molecule has 0 amide bonds. The molecule has 0 aliphatic rings. The van der Waals surface area contributed by atoms with Gasteiger partial charge in [0, 0.05) is 12.1 Å². The van der Waals surface area contributed by atoms with Gasteiger partial charge in [0.2, 0.25) is 0 Å². The minimum atomic E-state index is -0.836. The fourth-order valence-electron chi connectivity index (χ4n) is 1.92. The summed E-state index contributed by atoms with van der Waals surface area (Å²) < 4.78 is 46.0. The van der Waals surface area contributed by atoms with Crippen molar-refractivity contribution in [2.45, 2.75) is 25.8 Å². The molecule has 2 N–H and O–H groups in total. The Morgan fingerprint density at radius 1 is 1.10 bits per heavy atom. The second kappa shape index (κ2) is 6.63. The van der Waals surface area contributed by atoms with E-state index in [1.807, 2.05) is 6.92 Å². The predicted molar refractivity (Wildman–Crippen MR) is 74.8 cm³/mol. The summed E-state index contributed by atoms with van der Waals surface area (Å²) in [5.74, 6) is -2.73. The average Bonchev–Trinajstić information content (AvgIpc) is 2.43. The molecule has 21 heavy (non-hydrogen) atoms. The average molecular weight is 295 g/mol. The largest absolute Gasteiger partial charge is 0.451 e. The maximum Gasteiger partial charge on any atom is 0.198 e. The van der Waals surface area contributed by atoms with E-state index in [1.54, 1.807) is 0 Å². The zero-order chi connectivity index (χ0) is 15.4. The Labute approximate surface area is 121 Å². The van der Waals surface area contributed by atoms with Crippen molar-refractivity contribution >= 4 is 0 Å². The van der Waals surface area contributed by atoms with Crippen LogP contribution in [0.5, 0.6) is 11.5 Å². The van der Waals surface area contributed by atoms with Crippen molar-refractivity contribution in [3.05, 3.63) is 59.4 Å². The highest BCUT2D eigenvalue weighted by Crippen LogP contribution is 2.29. The van der Waals surface area contributed by atoms with E-state index in [2.05, 4.69) is 0 Å². The van der Waals surface area contributed by atoms with Crippen molar-refractivity contribution in [2.24, 2.45) is 5.73 Å². The van der Waals surface area contributed by atoms with Crippen LogP contribution < -0.4 is 10.5 Å². The lowest BCUT2D eigenvalue weighted by molar-refractivity contribution is 0.404. The molecule has 0 heterocycles. The molecule has 2 aromatic rings. The molecule has 0 aliphatic carbocycles. The Hall–Kier alpha value is -2.01. The fourth-order valence-corrected chi connectivity index (χ4v) is 1.92. The molecule has 2 rings (SSSR count). The molecule has 0 saturated heterocycles. The van der Waals surface area contributed by atoms with E-state index >= 15 is 0 Å². The van der Waals surface area contributed by atoms with Gasteiger partial charge in [-0.15, -0.1) is 0 Å². The minimum absolute atomic E-state index is 0.0332. The van der Waals surface area contributed by atoms with Gasteiger partial charge in [-0.3, -0.25) is 0 Å². The molecule has 0 fully saturated rings. The summed E-state index contributed by atoms with van der Waals surface area (Å²) in [6, 6.07) is 7.31. The van der Waals surface area contributed by atoms with E-state index < -0.39 is 23.2 Å². The minimum Gasteiger partial charge on any atom is -0.451 e. The quantitative estimate of drug-likeness (QED) is 0.898. The Morgan fingerprint density at radius 3 is 2.33 bits per heavy atom. The topological polar surface area (TPSA) is 35.2 Å². The summed E-state index contributed by atoms with van der Waals surface area (Å²) in [5.41, 5.74) is 6.23. The molecule has 1 unspecified atom stereocenters. The van der Waals surface area contributed by atoms with Gasteiger partial charge >= 0.3 is 0 Å². The molecule has 0 bridgehead atoms. The predicted octanol–water partition coefficient (Wildman–Crippen LogP) is 4.18. The highest BCUT2D eigenvalue weighted by atomic mass is 19.1. The molecule has 0 radical (unpaired) electrons. The first-order chi connectivity index (χ1) is 9.99. The second-order valence-electron chi connectivity index (χ2n) is 4.82. The van der Waals surface area contributed by atoms with Crippen LogP contribution in [0.3, 0.4) is 0 Å².